The highest BCUT2D eigenvalue weighted by Crippen LogP contribution is 2.29. The number of rotatable bonds is 6. The van der Waals surface area contributed by atoms with Crippen LogP contribution < -0.4 is 0 Å². The van der Waals surface area contributed by atoms with Gasteiger partial charge in [-0.05, 0) is 42.7 Å². The predicted octanol–water partition coefficient (Wildman–Crippen LogP) is 4.67. The first-order valence-corrected chi connectivity index (χ1v) is 9.30. The van der Waals surface area contributed by atoms with Crippen molar-refractivity contribution in [2.75, 3.05) is 13.1 Å². The zero-order chi connectivity index (χ0) is 17.7. The summed E-state index contributed by atoms with van der Waals surface area (Å²) < 4.78 is 0. The lowest BCUT2D eigenvalue weighted by molar-refractivity contribution is -0.132. The summed E-state index contributed by atoms with van der Waals surface area (Å²) >= 11 is 0. The Morgan fingerprint density at radius 2 is 1.79 bits per heavy atom. The van der Waals surface area contributed by atoms with Crippen molar-refractivity contribution in [1.29, 1.82) is 0 Å². The number of likely N-dealkylation sites (tertiary alicyclic amines) is 1. The van der Waals surface area contributed by atoms with E-state index in [9.17, 15) is 9.59 Å². The molecule has 0 bridgehead atoms. The van der Waals surface area contributed by atoms with E-state index in [1.54, 1.807) is 0 Å². The van der Waals surface area contributed by atoms with Gasteiger partial charge in [-0.3, -0.25) is 9.59 Å². The fourth-order valence-corrected chi connectivity index (χ4v) is 3.31. The van der Waals surface area contributed by atoms with Gasteiger partial charge in [0.15, 0.2) is 5.78 Å². The molecule has 0 atom stereocenters. The summed E-state index contributed by atoms with van der Waals surface area (Å²) in [5.41, 5.74) is 2.06. The maximum Gasteiger partial charge on any atom is 0.222 e. The largest absolute Gasteiger partial charge is 0.343 e. The Balaban J connectivity index is 1.94. The average molecular weight is 329 g/mol. The molecule has 0 saturated carbocycles. The van der Waals surface area contributed by atoms with Crippen LogP contribution >= 0.6 is 0 Å². The molecule has 1 aromatic rings. The number of ketones is 1. The van der Waals surface area contributed by atoms with Gasteiger partial charge < -0.3 is 4.90 Å². The average Bonchev–Trinajstić information content (AvgIpc) is 2.59. The summed E-state index contributed by atoms with van der Waals surface area (Å²) in [6.45, 7) is 9.87. The monoisotopic (exact) mass is 329 g/mol. The van der Waals surface area contributed by atoms with Crippen molar-refractivity contribution in [3.8, 4) is 0 Å². The van der Waals surface area contributed by atoms with Gasteiger partial charge in [-0.15, -0.1) is 0 Å². The lowest BCUT2D eigenvalue weighted by atomic mass is 9.87. The molecule has 1 amide bonds. The molecule has 1 heterocycles. The van der Waals surface area contributed by atoms with E-state index < -0.39 is 0 Å². The first-order chi connectivity index (χ1) is 11.4. The molecule has 1 fully saturated rings. The fraction of sp³-hybridized carbons (Fsp3) is 0.619. The van der Waals surface area contributed by atoms with Crippen molar-refractivity contribution in [2.24, 2.45) is 11.8 Å². The number of nitrogens with zero attached hydrogens (tertiary/aromatic N) is 1. The summed E-state index contributed by atoms with van der Waals surface area (Å²) in [7, 11) is 0. The molecule has 2 rings (SSSR count). The first-order valence-electron chi connectivity index (χ1n) is 9.30. The van der Waals surface area contributed by atoms with Crippen LogP contribution in [0.4, 0.5) is 0 Å². The third-order valence-corrected chi connectivity index (χ3v) is 4.95. The van der Waals surface area contributed by atoms with Gasteiger partial charge in [0.25, 0.3) is 0 Å². The van der Waals surface area contributed by atoms with Crippen LogP contribution in [0.25, 0.3) is 0 Å². The second-order valence-corrected chi connectivity index (χ2v) is 7.73. The van der Waals surface area contributed by atoms with E-state index >= 15 is 0 Å². The van der Waals surface area contributed by atoms with E-state index in [4.69, 9.17) is 0 Å². The standard InChI is InChI=1S/C21H31NO2/c1-15(2)8-9-20(23)22-12-10-17(11-13-22)18-6-5-7-19(14-18)21(24)16(3)4/h5-7,14-17H,8-13H2,1-4H3. The highest BCUT2D eigenvalue weighted by Gasteiger charge is 2.24. The van der Waals surface area contributed by atoms with Gasteiger partial charge in [0.05, 0.1) is 0 Å². The molecule has 0 spiro atoms. The Morgan fingerprint density at radius 3 is 2.38 bits per heavy atom. The van der Waals surface area contributed by atoms with Gasteiger partial charge in [-0.25, -0.2) is 0 Å². The third kappa shape index (κ3) is 4.93. The van der Waals surface area contributed by atoms with Crippen LogP contribution in [0.1, 0.15) is 75.2 Å². The van der Waals surface area contributed by atoms with E-state index in [2.05, 4.69) is 26.0 Å². The maximum atomic E-state index is 12.2. The molecule has 3 heteroatoms. The fourth-order valence-electron chi connectivity index (χ4n) is 3.31. The Bertz CT molecular complexity index is 569. The van der Waals surface area contributed by atoms with E-state index in [0.717, 1.165) is 37.9 Å². The van der Waals surface area contributed by atoms with Crippen molar-refractivity contribution in [3.63, 3.8) is 0 Å². The van der Waals surface area contributed by atoms with Gasteiger partial charge >= 0.3 is 0 Å². The third-order valence-electron chi connectivity index (χ3n) is 4.95. The Hall–Kier alpha value is -1.64. The molecule has 132 valence electrons. The molecule has 1 aromatic carbocycles. The highest BCUT2D eigenvalue weighted by atomic mass is 16.2. The summed E-state index contributed by atoms with van der Waals surface area (Å²) in [5, 5.41) is 0. The summed E-state index contributed by atoms with van der Waals surface area (Å²) in [4.78, 5) is 26.5. The minimum Gasteiger partial charge on any atom is -0.343 e. The quantitative estimate of drug-likeness (QED) is 0.711. The SMILES string of the molecule is CC(C)CCC(=O)N1CCC(c2cccc(C(=O)C(C)C)c2)CC1. The van der Waals surface area contributed by atoms with E-state index in [1.165, 1.54) is 5.56 Å². The normalized spacial score (nSPS) is 16.0. The summed E-state index contributed by atoms with van der Waals surface area (Å²) in [5.74, 6) is 1.57. The molecule has 0 N–H and O–H groups in total. The van der Waals surface area contributed by atoms with E-state index in [-0.39, 0.29) is 11.7 Å². The number of hydrogen-bond acceptors (Lipinski definition) is 2. The molecule has 24 heavy (non-hydrogen) atoms. The van der Waals surface area contributed by atoms with Gasteiger partial charge in [-0.2, -0.15) is 0 Å². The summed E-state index contributed by atoms with van der Waals surface area (Å²) in [6, 6.07) is 8.09. The van der Waals surface area contributed by atoms with Gasteiger partial charge in [0.1, 0.15) is 0 Å². The van der Waals surface area contributed by atoms with Crippen molar-refractivity contribution in [2.45, 2.75) is 59.3 Å². The van der Waals surface area contributed by atoms with Gasteiger partial charge in [0, 0.05) is 31.0 Å². The number of benzene rings is 1. The topological polar surface area (TPSA) is 37.4 Å². The summed E-state index contributed by atoms with van der Waals surface area (Å²) in [6.07, 6.45) is 3.62. The molecular formula is C21H31NO2. The Kier molecular flexibility index (Phi) is 6.59. The zero-order valence-corrected chi connectivity index (χ0v) is 15.5. The smallest absolute Gasteiger partial charge is 0.222 e. The number of Topliss-reactive ketones (excluding diaryl/α,β-unsaturated/α-hetero) is 1. The second kappa shape index (κ2) is 8.46. The van der Waals surface area contributed by atoms with Crippen LogP contribution in [0, 0.1) is 11.8 Å². The number of piperidine rings is 1. The highest BCUT2D eigenvalue weighted by molar-refractivity contribution is 5.97. The van der Waals surface area contributed by atoms with Crippen LogP contribution in [-0.4, -0.2) is 29.7 Å². The predicted molar refractivity (Wildman–Crippen MR) is 98.2 cm³/mol. The van der Waals surface area contributed by atoms with Crippen LogP contribution in [0.5, 0.6) is 0 Å². The van der Waals surface area contributed by atoms with Gasteiger partial charge in [-0.1, -0.05) is 45.9 Å². The lowest BCUT2D eigenvalue weighted by Crippen LogP contribution is -2.37. The van der Waals surface area contributed by atoms with Crippen LogP contribution in [0.15, 0.2) is 24.3 Å². The molecule has 1 aliphatic heterocycles. The number of carbonyl (C=O) groups is 2. The minimum atomic E-state index is 0.0284. The molecule has 1 aliphatic rings. The van der Waals surface area contributed by atoms with Crippen molar-refractivity contribution in [3.05, 3.63) is 35.4 Å². The molecule has 1 saturated heterocycles. The van der Waals surface area contributed by atoms with Crippen LogP contribution in [-0.2, 0) is 4.79 Å². The van der Waals surface area contributed by atoms with Crippen molar-refractivity contribution < 1.29 is 9.59 Å². The zero-order valence-electron chi connectivity index (χ0n) is 15.5. The van der Waals surface area contributed by atoms with Gasteiger partial charge in [0.2, 0.25) is 5.91 Å². The molecule has 3 nitrogen and oxygen atoms in total. The maximum absolute atomic E-state index is 12.2. The van der Waals surface area contributed by atoms with E-state index in [0.29, 0.717) is 24.2 Å². The molecule has 0 radical (unpaired) electrons. The van der Waals surface area contributed by atoms with Crippen molar-refractivity contribution in [1.82, 2.24) is 4.90 Å². The Labute approximate surface area is 146 Å². The van der Waals surface area contributed by atoms with Crippen LogP contribution in [0.3, 0.4) is 0 Å². The number of hydrogen-bond donors (Lipinski definition) is 0. The first kappa shape index (κ1) is 18.7. The minimum absolute atomic E-state index is 0.0284. The van der Waals surface area contributed by atoms with E-state index in [1.807, 2.05) is 30.9 Å². The Morgan fingerprint density at radius 1 is 1.12 bits per heavy atom. The number of amides is 1. The molecule has 0 unspecified atom stereocenters. The van der Waals surface area contributed by atoms with Crippen molar-refractivity contribution >= 4 is 11.7 Å². The molecular weight excluding hydrogens is 298 g/mol. The lowest BCUT2D eigenvalue weighted by Gasteiger charge is -2.32. The van der Waals surface area contributed by atoms with Crippen LogP contribution in [0.2, 0.25) is 0 Å². The number of carbonyl (C=O) groups excluding carboxylic acids is 2. The molecule has 0 aromatic heterocycles. The second-order valence-electron chi connectivity index (χ2n) is 7.73. The molecule has 0 aliphatic carbocycles.